The van der Waals surface area contributed by atoms with Crippen LogP contribution in [0.1, 0.15) is 0 Å². The molecule has 9 heteroatoms. The second-order valence-electron chi connectivity index (χ2n) is 5.26. The van der Waals surface area contributed by atoms with E-state index in [1.54, 1.807) is 11.0 Å². The zero-order valence-electron chi connectivity index (χ0n) is 12.7. The van der Waals surface area contributed by atoms with Crippen LogP contribution in [0.4, 0.5) is 10.5 Å². The average molecular weight is 360 g/mol. The monoisotopic (exact) mass is 359 g/mol. The van der Waals surface area contributed by atoms with Crippen LogP contribution < -0.4 is 10.2 Å². The molecule has 1 aromatic carbocycles. The van der Waals surface area contributed by atoms with Crippen molar-refractivity contribution in [2.24, 2.45) is 0 Å². The summed E-state index contributed by atoms with van der Waals surface area (Å²) in [6.07, 6.45) is 0.802. The zero-order valence-corrected chi connectivity index (χ0v) is 14.2. The normalized spacial score (nSPS) is 15.4. The molecular weight excluding hydrogens is 342 g/mol. The van der Waals surface area contributed by atoms with Gasteiger partial charge in [0.05, 0.1) is 6.54 Å². The van der Waals surface area contributed by atoms with Gasteiger partial charge >= 0.3 is 5.24 Å². The Kier molecular flexibility index (Phi) is 5.48. The molecule has 0 saturated carbocycles. The van der Waals surface area contributed by atoms with Gasteiger partial charge in [-0.15, -0.1) is 0 Å². The minimum absolute atomic E-state index is 0.298. The Hall–Kier alpha value is -1.80. The molecule has 0 unspecified atom stereocenters. The van der Waals surface area contributed by atoms with Crippen LogP contribution in [0.3, 0.4) is 0 Å². The van der Waals surface area contributed by atoms with Gasteiger partial charge in [-0.05, 0) is 18.2 Å². The lowest BCUT2D eigenvalue weighted by molar-refractivity contribution is -0.130. The standard InChI is InChI=1S/C14H18ClN3O4S/c1-23(21,22)14(20)16-10-13(19)18-7-5-17(6-8-18)12-4-2-3-11(15)9-12/h2-4,9H,5-8,10H2,1H3,(H,16,20). The summed E-state index contributed by atoms with van der Waals surface area (Å²) < 4.78 is 22.0. The van der Waals surface area contributed by atoms with E-state index >= 15 is 0 Å². The highest BCUT2D eigenvalue weighted by Gasteiger charge is 2.23. The van der Waals surface area contributed by atoms with Crippen LogP contribution in [0.25, 0.3) is 0 Å². The fourth-order valence-electron chi connectivity index (χ4n) is 2.28. The van der Waals surface area contributed by atoms with E-state index in [-0.39, 0.29) is 12.5 Å². The van der Waals surface area contributed by atoms with Crippen molar-refractivity contribution in [3.63, 3.8) is 0 Å². The van der Waals surface area contributed by atoms with E-state index < -0.39 is 15.1 Å². The Morgan fingerprint density at radius 3 is 2.43 bits per heavy atom. The lowest BCUT2D eigenvalue weighted by Gasteiger charge is -2.36. The molecule has 0 radical (unpaired) electrons. The van der Waals surface area contributed by atoms with Gasteiger partial charge in [0.15, 0.2) is 0 Å². The number of amides is 2. The molecule has 1 fully saturated rings. The number of hydrogen-bond donors (Lipinski definition) is 1. The van der Waals surface area contributed by atoms with Gasteiger partial charge in [0.1, 0.15) is 0 Å². The lowest BCUT2D eigenvalue weighted by atomic mass is 10.2. The first-order valence-corrected chi connectivity index (χ1v) is 9.30. The van der Waals surface area contributed by atoms with E-state index in [2.05, 4.69) is 10.2 Å². The van der Waals surface area contributed by atoms with Crippen molar-refractivity contribution in [3.8, 4) is 0 Å². The summed E-state index contributed by atoms with van der Waals surface area (Å²) in [6, 6.07) is 7.49. The molecule has 1 heterocycles. The number of sulfone groups is 1. The molecule has 0 atom stereocenters. The molecule has 0 aromatic heterocycles. The van der Waals surface area contributed by atoms with Gasteiger partial charge in [0, 0.05) is 43.1 Å². The van der Waals surface area contributed by atoms with Gasteiger partial charge in [0.25, 0.3) is 0 Å². The maximum atomic E-state index is 12.0. The van der Waals surface area contributed by atoms with Crippen molar-refractivity contribution in [1.29, 1.82) is 0 Å². The number of halogens is 1. The fourth-order valence-corrected chi connectivity index (χ4v) is 2.80. The quantitative estimate of drug-likeness (QED) is 0.860. The van der Waals surface area contributed by atoms with E-state index in [9.17, 15) is 18.0 Å². The van der Waals surface area contributed by atoms with E-state index in [0.29, 0.717) is 31.2 Å². The SMILES string of the molecule is CS(=O)(=O)C(=O)NCC(=O)N1CCN(c2cccc(Cl)c2)CC1. The third-order valence-corrected chi connectivity index (χ3v) is 4.58. The average Bonchev–Trinajstić information content (AvgIpc) is 2.51. The molecule has 23 heavy (non-hydrogen) atoms. The Labute approximate surface area is 140 Å². The molecule has 7 nitrogen and oxygen atoms in total. The minimum Gasteiger partial charge on any atom is -0.368 e. The summed E-state index contributed by atoms with van der Waals surface area (Å²) in [7, 11) is -3.82. The van der Waals surface area contributed by atoms with Crippen LogP contribution in [-0.4, -0.2) is 63.4 Å². The summed E-state index contributed by atoms with van der Waals surface area (Å²) in [5.74, 6) is -0.298. The van der Waals surface area contributed by atoms with Gasteiger partial charge in [-0.25, -0.2) is 8.42 Å². The number of nitrogens with zero attached hydrogens (tertiary/aromatic N) is 2. The molecule has 1 aromatic rings. The second kappa shape index (κ2) is 7.18. The molecule has 2 amide bonds. The summed E-state index contributed by atoms with van der Waals surface area (Å²) in [5, 5.41) is 1.64. The first-order chi connectivity index (χ1) is 10.8. The molecule has 1 N–H and O–H groups in total. The van der Waals surface area contributed by atoms with Gasteiger partial charge in [-0.2, -0.15) is 0 Å². The van der Waals surface area contributed by atoms with Crippen molar-refractivity contribution in [1.82, 2.24) is 10.2 Å². The van der Waals surface area contributed by atoms with Gasteiger partial charge in [-0.1, -0.05) is 17.7 Å². The number of piperazine rings is 1. The van der Waals surface area contributed by atoms with Gasteiger partial charge in [0.2, 0.25) is 15.7 Å². The Morgan fingerprint density at radius 2 is 1.87 bits per heavy atom. The van der Waals surface area contributed by atoms with E-state index in [0.717, 1.165) is 11.9 Å². The number of nitrogens with one attached hydrogen (secondary N) is 1. The third-order valence-electron chi connectivity index (χ3n) is 3.53. The molecule has 1 saturated heterocycles. The molecule has 0 bridgehead atoms. The van der Waals surface area contributed by atoms with Gasteiger partial charge in [-0.3, -0.25) is 9.59 Å². The van der Waals surface area contributed by atoms with Crippen LogP contribution in [0.5, 0.6) is 0 Å². The smallest absolute Gasteiger partial charge is 0.336 e. The van der Waals surface area contributed by atoms with E-state index in [4.69, 9.17) is 11.6 Å². The number of benzene rings is 1. The minimum atomic E-state index is -3.82. The van der Waals surface area contributed by atoms with Gasteiger partial charge < -0.3 is 15.1 Å². The highest BCUT2D eigenvalue weighted by atomic mass is 35.5. The summed E-state index contributed by atoms with van der Waals surface area (Å²) >= 11 is 5.97. The number of rotatable bonds is 3. The predicted molar refractivity (Wildman–Crippen MR) is 88.5 cm³/mol. The van der Waals surface area contributed by atoms with E-state index in [1.165, 1.54) is 0 Å². The first kappa shape index (κ1) is 17.6. The number of hydrogen-bond acceptors (Lipinski definition) is 5. The van der Waals surface area contributed by atoms with Crippen LogP contribution in [0.15, 0.2) is 24.3 Å². The van der Waals surface area contributed by atoms with Crippen molar-refractivity contribution < 1.29 is 18.0 Å². The molecule has 2 rings (SSSR count). The van der Waals surface area contributed by atoms with Crippen molar-refractivity contribution in [3.05, 3.63) is 29.3 Å². The fraction of sp³-hybridized carbons (Fsp3) is 0.429. The molecule has 126 valence electrons. The molecule has 1 aliphatic heterocycles. The van der Waals surface area contributed by atoms with E-state index in [1.807, 2.05) is 18.2 Å². The summed E-state index contributed by atoms with van der Waals surface area (Å²) in [5.41, 5.74) is 0.995. The number of carbonyl (C=O) groups excluding carboxylic acids is 2. The Balaban J connectivity index is 1.84. The lowest BCUT2D eigenvalue weighted by Crippen LogP contribution is -2.51. The first-order valence-electron chi connectivity index (χ1n) is 7.03. The van der Waals surface area contributed by atoms with Crippen LogP contribution >= 0.6 is 11.6 Å². The number of carbonyl (C=O) groups is 2. The van der Waals surface area contributed by atoms with Crippen LogP contribution in [-0.2, 0) is 14.6 Å². The third kappa shape index (κ3) is 4.84. The Morgan fingerprint density at radius 1 is 1.22 bits per heavy atom. The highest BCUT2D eigenvalue weighted by molar-refractivity contribution is 8.05. The van der Waals surface area contributed by atoms with Crippen LogP contribution in [0, 0.1) is 0 Å². The van der Waals surface area contributed by atoms with Crippen molar-refractivity contribution >= 4 is 38.3 Å². The topological polar surface area (TPSA) is 86.8 Å². The summed E-state index contributed by atoms with van der Waals surface area (Å²) in [4.78, 5) is 27.0. The molecule has 0 aliphatic carbocycles. The summed E-state index contributed by atoms with van der Waals surface area (Å²) in [6.45, 7) is 1.97. The maximum absolute atomic E-state index is 12.0. The molecule has 1 aliphatic rings. The largest absolute Gasteiger partial charge is 0.368 e. The zero-order chi connectivity index (χ0) is 17.0. The number of anilines is 1. The van der Waals surface area contributed by atoms with Crippen LogP contribution in [0.2, 0.25) is 5.02 Å². The predicted octanol–water partition coefficient (Wildman–Crippen LogP) is 0.743. The van der Waals surface area contributed by atoms with Crippen molar-refractivity contribution in [2.75, 3.05) is 43.9 Å². The highest BCUT2D eigenvalue weighted by Crippen LogP contribution is 2.20. The van der Waals surface area contributed by atoms with Crippen molar-refractivity contribution in [2.45, 2.75) is 0 Å². The maximum Gasteiger partial charge on any atom is 0.336 e. The molecular formula is C14H18ClN3O4S. The Bertz CT molecular complexity index is 700. The second-order valence-corrected chi connectivity index (χ2v) is 7.61. The molecule has 0 spiro atoms.